The Bertz CT molecular complexity index is 158. The van der Waals surface area contributed by atoms with Crippen molar-refractivity contribution in [1.29, 1.82) is 0 Å². The fourth-order valence-electron chi connectivity index (χ4n) is 1.64. The Morgan fingerprint density at radius 2 is 2.20 bits per heavy atom. The number of hydrogen-bond acceptors (Lipinski definition) is 4. The zero-order valence-corrected chi connectivity index (χ0v) is 9.88. The van der Waals surface area contributed by atoms with E-state index in [1.807, 2.05) is 0 Å². The standard InChI is InChI=1S/C11H23NO3/c1-11(4-8-15-10-11)12-5-9-14-7-3-6-13-2/h12H,3-10H2,1-2H3. The highest BCUT2D eigenvalue weighted by atomic mass is 16.5. The summed E-state index contributed by atoms with van der Waals surface area (Å²) in [6, 6.07) is 0. The van der Waals surface area contributed by atoms with E-state index in [-0.39, 0.29) is 5.54 Å². The number of nitrogens with one attached hydrogen (secondary N) is 1. The second-order valence-electron chi connectivity index (χ2n) is 4.25. The van der Waals surface area contributed by atoms with Gasteiger partial charge in [-0.3, -0.25) is 0 Å². The third-order valence-corrected chi connectivity index (χ3v) is 2.65. The van der Waals surface area contributed by atoms with E-state index in [2.05, 4.69) is 12.2 Å². The average Bonchev–Trinajstić information content (AvgIpc) is 2.64. The van der Waals surface area contributed by atoms with Gasteiger partial charge in [0.1, 0.15) is 0 Å². The molecule has 1 rings (SSSR count). The second kappa shape index (κ2) is 7.17. The fourth-order valence-corrected chi connectivity index (χ4v) is 1.64. The Kier molecular flexibility index (Phi) is 6.17. The molecule has 0 aliphatic carbocycles. The van der Waals surface area contributed by atoms with Gasteiger partial charge in [-0.2, -0.15) is 0 Å². The van der Waals surface area contributed by atoms with Gasteiger partial charge in [-0.25, -0.2) is 0 Å². The lowest BCUT2D eigenvalue weighted by Crippen LogP contribution is -2.44. The van der Waals surface area contributed by atoms with Crippen molar-refractivity contribution in [3.05, 3.63) is 0 Å². The molecule has 15 heavy (non-hydrogen) atoms. The predicted octanol–water partition coefficient (Wildman–Crippen LogP) is 0.808. The summed E-state index contributed by atoms with van der Waals surface area (Å²) in [5, 5.41) is 3.47. The van der Waals surface area contributed by atoms with Crippen LogP contribution in [0.15, 0.2) is 0 Å². The van der Waals surface area contributed by atoms with E-state index < -0.39 is 0 Å². The van der Waals surface area contributed by atoms with Gasteiger partial charge in [-0.15, -0.1) is 0 Å². The Morgan fingerprint density at radius 1 is 1.33 bits per heavy atom. The molecular weight excluding hydrogens is 194 g/mol. The monoisotopic (exact) mass is 217 g/mol. The van der Waals surface area contributed by atoms with Crippen molar-refractivity contribution >= 4 is 0 Å². The largest absolute Gasteiger partial charge is 0.385 e. The first-order valence-electron chi connectivity index (χ1n) is 5.66. The molecular formula is C11H23NO3. The first-order chi connectivity index (χ1) is 7.27. The van der Waals surface area contributed by atoms with Crippen LogP contribution < -0.4 is 5.32 Å². The number of rotatable bonds is 8. The van der Waals surface area contributed by atoms with E-state index in [1.165, 1.54) is 0 Å². The van der Waals surface area contributed by atoms with Gasteiger partial charge in [-0.1, -0.05) is 0 Å². The second-order valence-corrected chi connectivity index (χ2v) is 4.25. The van der Waals surface area contributed by atoms with Gasteiger partial charge in [-0.05, 0) is 19.8 Å². The molecule has 1 saturated heterocycles. The number of hydrogen-bond donors (Lipinski definition) is 1. The smallest absolute Gasteiger partial charge is 0.0646 e. The molecule has 1 unspecified atom stereocenters. The summed E-state index contributed by atoms with van der Waals surface area (Å²) in [6.07, 6.45) is 2.06. The van der Waals surface area contributed by atoms with E-state index in [1.54, 1.807) is 7.11 Å². The lowest BCUT2D eigenvalue weighted by atomic mass is 10.0. The van der Waals surface area contributed by atoms with Crippen LogP contribution in [0.5, 0.6) is 0 Å². The molecule has 1 aliphatic heterocycles. The highest BCUT2D eigenvalue weighted by Gasteiger charge is 2.28. The van der Waals surface area contributed by atoms with Gasteiger partial charge in [0.15, 0.2) is 0 Å². The van der Waals surface area contributed by atoms with Crippen LogP contribution in [-0.4, -0.2) is 52.2 Å². The van der Waals surface area contributed by atoms with Gasteiger partial charge < -0.3 is 19.5 Å². The molecule has 1 aliphatic rings. The van der Waals surface area contributed by atoms with E-state index in [4.69, 9.17) is 14.2 Å². The zero-order chi connectivity index (χ0) is 11.0. The molecule has 1 heterocycles. The van der Waals surface area contributed by atoms with Gasteiger partial charge in [0.25, 0.3) is 0 Å². The average molecular weight is 217 g/mol. The van der Waals surface area contributed by atoms with Crippen LogP contribution in [-0.2, 0) is 14.2 Å². The van der Waals surface area contributed by atoms with Gasteiger partial charge >= 0.3 is 0 Å². The van der Waals surface area contributed by atoms with Crippen LogP contribution in [0.2, 0.25) is 0 Å². The minimum absolute atomic E-state index is 0.163. The highest BCUT2D eigenvalue weighted by Crippen LogP contribution is 2.16. The van der Waals surface area contributed by atoms with Gasteiger partial charge in [0, 0.05) is 39.0 Å². The zero-order valence-electron chi connectivity index (χ0n) is 9.88. The van der Waals surface area contributed by atoms with Crippen molar-refractivity contribution in [3.8, 4) is 0 Å². The number of ether oxygens (including phenoxy) is 3. The van der Waals surface area contributed by atoms with Crippen molar-refractivity contribution in [2.75, 3.05) is 46.7 Å². The maximum atomic E-state index is 5.46. The van der Waals surface area contributed by atoms with Crippen molar-refractivity contribution in [2.24, 2.45) is 0 Å². The summed E-state index contributed by atoms with van der Waals surface area (Å²) < 4.78 is 15.7. The topological polar surface area (TPSA) is 39.7 Å². The third-order valence-electron chi connectivity index (χ3n) is 2.65. The normalized spacial score (nSPS) is 26.0. The maximum absolute atomic E-state index is 5.46. The quantitative estimate of drug-likeness (QED) is 0.611. The van der Waals surface area contributed by atoms with E-state index in [0.717, 1.165) is 52.4 Å². The molecule has 0 amide bonds. The molecule has 1 atom stereocenters. The molecule has 90 valence electrons. The summed E-state index contributed by atoms with van der Waals surface area (Å²) in [5.41, 5.74) is 0.163. The van der Waals surface area contributed by atoms with Gasteiger partial charge in [0.05, 0.1) is 13.2 Å². The van der Waals surface area contributed by atoms with Crippen molar-refractivity contribution < 1.29 is 14.2 Å². The van der Waals surface area contributed by atoms with Crippen LogP contribution in [0.4, 0.5) is 0 Å². The molecule has 0 aromatic carbocycles. The van der Waals surface area contributed by atoms with E-state index in [0.29, 0.717) is 0 Å². The molecule has 1 fully saturated rings. The van der Waals surface area contributed by atoms with Crippen molar-refractivity contribution in [2.45, 2.75) is 25.3 Å². The highest BCUT2D eigenvalue weighted by molar-refractivity contribution is 4.86. The Balaban J connectivity index is 1.88. The summed E-state index contributed by atoms with van der Waals surface area (Å²) in [5.74, 6) is 0. The molecule has 0 aromatic heterocycles. The maximum Gasteiger partial charge on any atom is 0.0646 e. The molecule has 1 N–H and O–H groups in total. The molecule has 0 aromatic rings. The lowest BCUT2D eigenvalue weighted by molar-refractivity contribution is 0.0984. The molecule has 0 spiro atoms. The van der Waals surface area contributed by atoms with Crippen LogP contribution in [0.1, 0.15) is 19.8 Å². The SMILES string of the molecule is COCCCOCCNC1(C)CCOC1. The minimum Gasteiger partial charge on any atom is -0.385 e. The van der Waals surface area contributed by atoms with Crippen LogP contribution in [0, 0.1) is 0 Å². The minimum atomic E-state index is 0.163. The Labute approximate surface area is 92.3 Å². The summed E-state index contributed by atoms with van der Waals surface area (Å²) in [6.45, 7) is 7.10. The Morgan fingerprint density at radius 3 is 2.87 bits per heavy atom. The van der Waals surface area contributed by atoms with Crippen molar-refractivity contribution in [1.82, 2.24) is 5.32 Å². The summed E-state index contributed by atoms with van der Waals surface area (Å²) >= 11 is 0. The molecule has 0 radical (unpaired) electrons. The number of methoxy groups -OCH3 is 1. The van der Waals surface area contributed by atoms with E-state index >= 15 is 0 Å². The lowest BCUT2D eigenvalue weighted by Gasteiger charge is -2.23. The molecule has 0 bridgehead atoms. The Hall–Kier alpha value is -0.160. The van der Waals surface area contributed by atoms with Crippen LogP contribution in [0.25, 0.3) is 0 Å². The van der Waals surface area contributed by atoms with Crippen LogP contribution in [0.3, 0.4) is 0 Å². The van der Waals surface area contributed by atoms with E-state index in [9.17, 15) is 0 Å². The molecule has 0 saturated carbocycles. The van der Waals surface area contributed by atoms with Crippen molar-refractivity contribution in [3.63, 3.8) is 0 Å². The van der Waals surface area contributed by atoms with Gasteiger partial charge in [0.2, 0.25) is 0 Å². The first kappa shape index (κ1) is 12.9. The fraction of sp³-hybridized carbons (Fsp3) is 1.00. The third kappa shape index (κ3) is 5.47. The molecule has 4 nitrogen and oxygen atoms in total. The summed E-state index contributed by atoms with van der Waals surface area (Å²) in [4.78, 5) is 0. The predicted molar refractivity (Wildman–Crippen MR) is 59.2 cm³/mol. The van der Waals surface area contributed by atoms with Crippen LogP contribution >= 0.6 is 0 Å². The summed E-state index contributed by atoms with van der Waals surface area (Å²) in [7, 11) is 1.71. The first-order valence-corrected chi connectivity index (χ1v) is 5.66. The molecule has 4 heteroatoms.